The lowest BCUT2D eigenvalue weighted by atomic mass is 10.00. The van der Waals surface area contributed by atoms with Crippen LogP contribution in [0, 0.1) is 5.92 Å². The van der Waals surface area contributed by atoms with Crippen LogP contribution in [0.3, 0.4) is 0 Å². The van der Waals surface area contributed by atoms with E-state index in [2.05, 4.69) is 5.32 Å². The van der Waals surface area contributed by atoms with Crippen LogP contribution < -0.4 is 10.2 Å². The van der Waals surface area contributed by atoms with E-state index in [1.165, 1.54) is 0 Å². The monoisotopic (exact) mass is 300 g/mol. The number of carbonyl (C=O) groups is 2. The lowest BCUT2D eigenvalue weighted by Gasteiger charge is -2.31. The number of imide groups is 1. The van der Waals surface area contributed by atoms with Gasteiger partial charge in [-0.15, -0.1) is 0 Å². The molecule has 1 heterocycles. The van der Waals surface area contributed by atoms with Gasteiger partial charge in [0.15, 0.2) is 0 Å². The van der Waals surface area contributed by atoms with Crippen LogP contribution in [-0.4, -0.2) is 18.5 Å². The molecule has 0 radical (unpaired) electrons. The van der Waals surface area contributed by atoms with Gasteiger partial charge in [-0.05, 0) is 30.7 Å². The van der Waals surface area contributed by atoms with Gasteiger partial charge in [-0.3, -0.25) is 4.79 Å². The van der Waals surface area contributed by atoms with Crippen molar-refractivity contribution in [2.24, 2.45) is 5.92 Å². The maximum atomic E-state index is 12.5. The topological polar surface area (TPSA) is 49.4 Å². The van der Waals surface area contributed by atoms with Crippen LogP contribution in [0.2, 0.25) is 0 Å². The van der Waals surface area contributed by atoms with Gasteiger partial charge in [0, 0.05) is 6.54 Å². The van der Waals surface area contributed by atoms with E-state index in [0.717, 1.165) is 35.6 Å². The first-order chi connectivity index (χ1) is 9.84. The Labute approximate surface area is 119 Å². The molecule has 4 nitrogen and oxygen atoms in total. The molecule has 0 aromatic heterocycles. The molecule has 1 atom stereocenters. The van der Waals surface area contributed by atoms with Crippen molar-refractivity contribution in [3.05, 3.63) is 29.8 Å². The fourth-order valence-corrected chi connectivity index (χ4v) is 2.28. The molecule has 3 amide bonds. The second kappa shape index (κ2) is 5.75. The molecule has 0 saturated carbocycles. The summed E-state index contributed by atoms with van der Waals surface area (Å²) >= 11 is 0. The molecule has 1 aliphatic rings. The third-order valence-electron chi connectivity index (χ3n) is 3.36. The third-order valence-corrected chi connectivity index (χ3v) is 3.36. The Bertz CT molecular complexity index is 540. The number of anilines is 1. The van der Waals surface area contributed by atoms with Crippen LogP contribution in [0.4, 0.5) is 23.7 Å². The number of carbonyl (C=O) groups excluding carboxylic acids is 2. The number of alkyl halides is 3. The Morgan fingerprint density at radius 2 is 1.86 bits per heavy atom. The summed E-state index contributed by atoms with van der Waals surface area (Å²) in [4.78, 5) is 25.0. The summed E-state index contributed by atoms with van der Waals surface area (Å²) in [5.41, 5.74) is -0.674. The molecular weight excluding hydrogens is 285 g/mol. The zero-order chi connectivity index (χ0) is 15.6. The average molecular weight is 300 g/mol. The maximum Gasteiger partial charge on any atom is 0.416 e. The first kappa shape index (κ1) is 15.3. The summed E-state index contributed by atoms with van der Waals surface area (Å²) in [5, 5.41) is 2.58. The first-order valence-corrected chi connectivity index (χ1v) is 6.63. The molecule has 1 unspecified atom stereocenters. The molecule has 2 rings (SSSR count). The van der Waals surface area contributed by atoms with Crippen LogP contribution in [-0.2, 0) is 11.0 Å². The highest BCUT2D eigenvalue weighted by atomic mass is 19.4. The normalized spacial score (nSPS) is 19.6. The van der Waals surface area contributed by atoms with Gasteiger partial charge in [-0.2, -0.15) is 13.2 Å². The van der Waals surface area contributed by atoms with Gasteiger partial charge in [0.05, 0.1) is 17.2 Å². The zero-order valence-corrected chi connectivity index (χ0v) is 11.4. The third kappa shape index (κ3) is 3.17. The number of nitrogens with one attached hydrogen (secondary N) is 1. The molecular formula is C14H15F3N2O2. The molecule has 114 valence electrons. The maximum absolute atomic E-state index is 12.5. The summed E-state index contributed by atoms with van der Waals surface area (Å²) in [6.07, 6.45) is -3.04. The van der Waals surface area contributed by atoms with E-state index in [1.807, 2.05) is 6.92 Å². The summed E-state index contributed by atoms with van der Waals surface area (Å²) in [6.45, 7) is 2.19. The van der Waals surface area contributed by atoms with Gasteiger partial charge >= 0.3 is 12.2 Å². The van der Waals surface area contributed by atoms with Gasteiger partial charge < -0.3 is 5.32 Å². The van der Waals surface area contributed by atoms with Crippen molar-refractivity contribution < 1.29 is 22.8 Å². The summed E-state index contributed by atoms with van der Waals surface area (Å²) < 4.78 is 37.6. The Morgan fingerprint density at radius 3 is 2.38 bits per heavy atom. The Morgan fingerprint density at radius 1 is 1.24 bits per heavy atom. The fourth-order valence-electron chi connectivity index (χ4n) is 2.28. The molecule has 0 spiro atoms. The highest BCUT2D eigenvalue weighted by Crippen LogP contribution is 2.31. The van der Waals surface area contributed by atoms with Crippen molar-refractivity contribution in [3.63, 3.8) is 0 Å². The number of hydrogen-bond acceptors (Lipinski definition) is 2. The van der Waals surface area contributed by atoms with Crippen LogP contribution in [0.5, 0.6) is 0 Å². The molecule has 1 aromatic rings. The van der Waals surface area contributed by atoms with Crippen molar-refractivity contribution >= 4 is 17.6 Å². The van der Waals surface area contributed by atoms with Gasteiger partial charge in [0.1, 0.15) is 0 Å². The second-order valence-corrected chi connectivity index (χ2v) is 4.89. The summed E-state index contributed by atoms with van der Waals surface area (Å²) in [6, 6.07) is 3.38. The van der Waals surface area contributed by atoms with Crippen LogP contribution in [0.15, 0.2) is 24.3 Å². The quantitative estimate of drug-likeness (QED) is 0.932. The van der Waals surface area contributed by atoms with E-state index < -0.39 is 17.8 Å². The van der Waals surface area contributed by atoms with E-state index in [4.69, 9.17) is 0 Å². The average Bonchev–Trinajstić information content (AvgIpc) is 2.42. The number of urea groups is 1. The van der Waals surface area contributed by atoms with E-state index in [-0.39, 0.29) is 24.1 Å². The molecule has 7 heteroatoms. The first-order valence-electron chi connectivity index (χ1n) is 6.63. The SMILES string of the molecule is CCCC1CNC(=O)N(c2ccc(C(F)(F)F)cc2)C1=O. The minimum Gasteiger partial charge on any atom is -0.337 e. The lowest BCUT2D eigenvalue weighted by molar-refractivity contribution is -0.137. The summed E-state index contributed by atoms with van der Waals surface area (Å²) in [7, 11) is 0. The van der Waals surface area contributed by atoms with Crippen LogP contribution in [0.1, 0.15) is 25.3 Å². The van der Waals surface area contributed by atoms with E-state index in [9.17, 15) is 22.8 Å². The van der Waals surface area contributed by atoms with Gasteiger partial charge in [-0.25, -0.2) is 9.69 Å². The smallest absolute Gasteiger partial charge is 0.337 e. The number of nitrogens with zero attached hydrogens (tertiary/aromatic N) is 1. The highest BCUT2D eigenvalue weighted by Gasteiger charge is 2.35. The van der Waals surface area contributed by atoms with Crippen molar-refractivity contribution in [2.75, 3.05) is 11.4 Å². The Kier molecular flexibility index (Phi) is 4.20. The van der Waals surface area contributed by atoms with Crippen molar-refractivity contribution in [2.45, 2.75) is 25.9 Å². The van der Waals surface area contributed by atoms with Gasteiger partial charge in [0.25, 0.3) is 0 Å². The molecule has 0 aliphatic carbocycles. The van der Waals surface area contributed by atoms with E-state index in [0.29, 0.717) is 6.42 Å². The fraction of sp³-hybridized carbons (Fsp3) is 0.429. The Hall–Kier alpha value is -2.05. The summed E-state index contributed by atoms with van der Waals surface area (Å²) in [5.74, 6) is -0.713. The van der Waals surface area contributed by atoms with Crippen molar-refractivity contribution in [1.29, 1.82) is 0 Å². The van der Waals surface area contributed by atoms with E-state index in [1.54, 1.807) is 0 Å². The van der Waals surface area contributed by atoms with Gasteiger partial charge in [0.2, 0.25) is 5.91 Å². The molecule has 1 saturated heterocycles. The number of hydrogen-bond donors (Lipinski definition) is 1. The lowest BCUT2D eigenvalue weighted by Crippen LogP contribution is -2.55. The Balaban J connectivity index is 2.26. The standard InChI is InChI=1S/C14H15F3N2O2/c1-2-3-9-8-18-13(21)19(12(9)20)11-6-4-10(5-7-11)14(15,16)17/h4-7,9H,2-3,8H2,1H3,(H,18,21). The number of amides is 3. The predicted octanol–water partition coefficient (Wildman–Crippen LogP) is 3.18. The van der Waals surface area contributed by atoms with Gasteiger partial charge in [-0.1, -0.05) is 13.3 Å². The molecule has 1 aliphatic heterocycles. The molecule has 1 N–H and O–H groups in total. The number of halogens is 3. The largest absolute Gasteiger partial charge is 0.416 e. The number of benzene rings is 1. The predicted molar refractivity (Wildman–Crippen MR) is 70.7 cm³/mol. The highest BCUT2D eigenvalue weighted by molar-refractivity contribution is 6.16. The molecule has 1 aromatic carbocycles. The minimum absolute atomic E-state index is 0.145. The second-order valence-electron chi connectivity index (χ2n) is 4.89. The van der Waals surface area contributed by atoms with Crippen LogP contribution >= 0.6 is 0 Å². The minimum atomic E-state index is -4.45. The molecule has 21 heavy (non-hydrogen) atoms. The van der Waals surface area contributed by atoms with Crippen LogP contribution in [0.25, 0.3) is 0 Å². The van der Waals surface area contributed by atoms with Crippen molar-refractivity contribution in [1.82, 2.24) is 5.32 Å². The molecule has 0 bridgehead atoms. The zero-order valence-electron chi connectivity index (χ0n) is 11.4. The molecule has 1 fully saturated rings. The van der Waals surface area contributed by atoms with E-state index >= 15 is 0 Å². The van der Waals surface area contributed by atoms with Crippen molar-refractivity contribution in [3.8, 4) is 0 Å². The number of rotatable bonds is 3.